The summed E-state index contributed by atoms with van der Waals surface area (Å²) in [6.07, 6.45) is 0. The van der Waals surface area contributed by atoms with Gasteiger partial charge in [0.05, 0.1) is 11.6 Å². The van der Waals surface area contributed by atoms with Crippen molar-refractivity contribution >= 4 is 75.0 Å². The van der Waals surface area contributed by atoms with Gasteiger partial charge in [0.15, 0.2) is 17.5 Å². The minimum absolute atomic E-state index is 0.620. The molecule has 0 atom stereocenters. The zero-order valence-electron chi connectivity index (χ0n) is 31.9. The molecule has 0 aliphatic heterocycles. The number of furan rings is 1. The lowest BCUT2D eigenvalue weighted by atomic mass is 9.92. The maximum Gasteiger partial charge on any atom is 0.164 e. The lowest BCUT2D eigenvalue weighted by molar-refractivity contribution is 0.673. The first-order chi connectivity index (χ1) is 29.6. The predicted octanol–water partition coefficient (Wildman–Crippen LogP) is 14.7. The maximum atomic E-state index is 9.57. The number of nitrogens with zero attached hydrogens (tertiary/aromatic N) is 4. The van der Waals surface area contributed by atoms with Gasteiger partial charge in [0.2, 0.25) is 0 Å². The first-order valence-electron chi connectivity index (χ1n) is 19.8. The van der Waals surface area contributed by atoms with E-state index in [1.807, 2.05) is 60.7 Å². The standard InChI is InChI=1S/C54H30N4OS/c55-31-32-9-8-12-36(27-32)38-22-24-40-41-25-21-37(29-46(41)51-50(45(40)28-38)44-14-4-6-15-47(44)59-51)33-17-19-35(20-18-33)53-56-52(34-10-2-1-3-11-34)57-54(58-53)39-23-26-43-42-13-5-7-16-48(42)60-49(43)30-39/h1-30H. The number of rotatable bonds is 5. The van der Waals surface area contributed by atoms with Crippen molar-refractivity contribution < 1.29 is 4.42 Å². The number of benzene rings is 9. The number of aromatic nitrogens is 3. The molecule has 0 aliphatic carbocycles. The van der Waals surface area contributed by atoms with Crippen LogP contribution in [0.4, 0.5) is 0 Å². The second-order valence-electron chi connectivity index (χ2n) is 15.1. The predicted molar refractivity (Wildman–Crippen MR) is 247 cm³/mol. The maximum absolute atomic E-state index is 9.57. The molecule has 278 valence electrons. The molecule has 6 heteroatoms. The molecule has 0 N–H and O–H groups in total. The number of nitriles is 1. The van der Waals surface area contributed by atoms with Crippen molar-refractivity contribution in [1.82, 2.24) is 15.0 Å². The van der Waals surface area contributed by atoms with E-state index in [0.717, 1.165) is 82.4 Å². The molecule has 0 saturated heterocycles. The zero-order valence-corrected chi connectivity index (χ0v) is 32.7. The van der Waals surface area contributed by atoms with Gasteiger partial charge in [-0.3, -0.25) is 0 Å². The normalized spacial score (nSPS) is 11.7. The van der Waals surface area contributed by atoms with Gasteiger partial charge in [-0.1, -0.05) is 140 Å². The topological polar surface area (TPSA) is 75.6 Å². The zero-order chi connectivity index (χ0) is 39.7. The van der Waals surface area contributed by atoms with E-state index in [-0.39, 0.29) is 0 Å². The summed E-state index contributed by atoms with van der Waals surface area (Å²) in [4.78, 5) is 15.1. The SMILES string of the molecule is N#Cc1cccc(-c2ccc3c4ccc(-c5ccc(-c6nc(-c7ccccc7)nc(-c7ccc8c(c7)sc7ccccc78)n6)cc5)cc4c4oc5ccccc5c4c3c2)c1. The van der Waals surface area contributed by atoms with E-state index in [1.54, 1.807) is 11.3 Å². The Labute approximate surface area is 348 Å². The second kappa shape index (κ2) is 13.6. The summed E-state index contributed by atoms with van der Waals surface area (Å²) in [5.41, 5.74) is 9.37. The molecule has 0 fully saturated rings. The Balaban J connectivity index is 0.968. The number of fused-ring (bicyclic) bond motifs is 11. The van der Waals surface area contributed by atoms with Crippen molar-refractivity contribution in [3.05, 3.63) is 188 Å². The first kappa shape index (κ1) is 34.1. The van der Waals surface area contributed by atoms with E-state index in [2.05, 4.69) is 127 Å². The van der Waals surface area contributed by atoms with Gasteiger partial charge in [-0.15, -0.1) is 11.3 Å². The highest BCUT2D eigenvalue weighted by Gasteiger charge is 2.19. The average molecular weight is 783 g/mol. The monoisotopic (exact) mass is 782 g/mol. The number of hydrogen-bond donors (Lipinski definition) is 0. The summed E-state index contributed by atoms with van der Waals surface area (Å²) < 4.78 is 9.16. The van der Waals surface area contributed by atoms with E-state index in [1.165, 1.54) is 20.2 Å². The molecule has 0 unspecified atom stereocenters. The fourth-order valence-electron chi connectivity index (χ4n) is 8.61. The van der Waals surface area contributed by atoms with Gasteiger partial charge < -0.3 is 4.42 Å². The highest BCUT2D eigenvalue weighted by atomic mass is 32.1. The average Bonchev–Trinajstić information content (AvgIpc) is 3.90. The molecule has 0 saturated carbocycles. The van der Waals surface area contributed by atoms with Crippen LogP contribution in [-0.2, 0) is 0 Å². The first-order valence-corrected chi connectivity index (χ1v) is 20.6. The molecule has 9 aromatic carbocycles. The van der Waals surface area contributed by atoms with Crippen LogP contribution in [0.5, 0.6) is 0 Å². The van der Waals surface area contributed by atoms with Gasteiger partial charge in [-0.2, -0.15) is 5.26 Å². The molecule has 0 aliphatic rings. The highest BCUT2D eigenvalue weighted by molar-refractivity contribution is 7.25. The van der Waals surface area contributed by atoms with Crippen LogP contribution >= 0.6 is 11.3 Å². The Morgan fingerprint density at radius 1 is 0.383 bits per heavy atom. The summed E-state index contributed by atoms with van der Waals surface area (Å²) in [5.74, 6) is 1.90. The Kier molecular flexibility index (Phi) is 7.71. The van der Waals surface area contributed by atoms with Crippen molar-refractivity contribution in [2.24, 2.45) is 0 Å². The van der Waals surface area contributed by atoms with Crippen molar-refractivity contribution in [2.75, 3.05) is 0 Å². The summed E-state index contributed by atoms with van der Waals surface area (Å²) in [6, 6.07) is 65.2. The lowest BCUT2D eigenvalue weighted by Gasteiger charge is -2.12. The molecule has 0 bridgehead atoms. The molecule has 3 aromatic heterocycles. The van der Waals surface area contributed by atoms with Gasteiger partial charge in [0.25, 0.3) is 0 Å². The fourth-order valence-corrected chi connectivity index (χ4v) is 9.76. The van der Waals surface area contributed by atoms with Crippen LogP contribution in [-0.4, -0.2) is 15.0 Å². The van der Waals surface area contributed by atoms with Crippen molar-refractivity contribution in [1.29, 1.82) is 5.26 Å². The number of hydrogen-bond acceptors (Lipinski definition) is 6. The van der Waals surface area contributed by atoms with Gasteiger partial charge in [0, 0.05) is 53.0 Å². The van der Waals surface area contributed by atoms with Crippen LogP contribution in [0.1, 0.15) is 5.56 Å². The third-order valence-electron chi connectivity index (χ3n) is 11.5. The third-order valence-corrected chi connectivity index (χ3v) is 12.7. The largest absolute Gasteiger partial charge is 0.455 e. The van der Waals surface area contributed by atoms with E-state index in [0.29, 0.717) is 23.0 Å². The van der Waals surface area contributed by atoms with Gasteiger partial charge >= 0.3 is 0 Å². The molecule has 0 spiro atoms. The van der Waals surface area contributed by atoms with E-state index in [4.69, 9.17) is 19.4 Å². The Morgan fingerprint density at radius 2 is 0.933 bits per heavy atom. The minimum Gasteiger partial charge on any atom is -0.455 e. The van der Waals surface area contributed by atoms with Gasteiger partial charge in [0.1, 0.15) is 11.2 Å². The molecule has 0 amide bonds. The number of thiophene rings is 1. The smallest absolute Gasteiger partial charge is 0.164 e. The quantitative estimate of drug-likeness (QED) is 0.163. The molecule has 0 radical (unpaired) electrons. The molecule has 12 rings (SSSR count). The molecule has 5 nitrogen and oxygen atoms in total. The van der Waals surface area contributed by atoms with Crippen molar-refractivity contribution in [2.45, 2.75) is 0 Å². The molecule has 3 heterocycles. The molecular formula is C54H30N4OS. The van der Waals surface area contributed by atoms with E-state index < -0.39 is 0 Å². The van der Waals surface area contributed by atoms with Crippen LogP contribution in [0, 0.1) is 11.3 Å². The van der Waals surface area contributed by atoms with Crippen LogP contribution in [0.3, 0.4) is 0 Å². The summed E-state index contributed by atoms with van der Waals surface area (Å²) in [6.45, 7) is 0. The van der Waals surface area contributed by atoms with Crippen LogP contribution in [0.15, 0.2) is 186 Å². The highest BCUT2D eigenvalue weighted by Crippen LogP contribution is 2.43. The summed E-state index contributed by atoms with van der Waals surface area (Å²) in [5, 5.41) is 18.7. The lowest BCUT2D eigenvalue weighted by Crippen LogP contribution is -2.00. The van der Waals surface area contributed by atoms with E-state index in [9.17, 15) is 5.26 Å². The molecule has 12 aromatic rings. The Hall–Kier alpha value is -7.98. The fraction of sp³-hybridized carbons (Fsp3) is 0. The molecule has 60 heavy (non-hydrogen) atoms. The summed E-state index contributed by atoms with van der Waals surface area (Å²) >= 11 is 1.79. The van der Waals surface area contributed by atoms with Crippen LogP contribution in [0.2, 0.25) is 0 Å². The van der Waals surface area contributed by atoms with Crippen LogP contribution in [0.25, 0.3) is 120 Å². The Bertz CT molecular complexity index is 3730. The third kappa shape index (κ3) is 5.56. The van der Waals surface area contributed by atoms with Crippen molar-refractivity contribution in [3.63, 3.8) is 0 Å². The summed E-state index contributed by atoms with van der Waals surface area (Å²) in [7, 11) is 0. The minimum atomic E-state index is 0.620. The number of para-hydroxylation sites is 1. The van der Waals surface area contributed by atoms with E-state index >= 15 is 0 Å². The van der Waals surface area contributed by atoms with Gasteiger partial charge in [-0.05, 0) is 80.9 Å². The molecular weight excluding hydrogens is 753 g/mol. The van der Waals surface area contributed by atoms with Gasteiger partial charge in [-0.25, -0.2) is 15.0 Å². The van der Waals surface area contributed by atoms with Crippen molar-refractivity contribution in [3.8, 4) is 62.5 Å². The van der Waals surface area contributed by atoms with Crippen LogP contribution < -0.4 is 0 Å². The Morgan fingerprint density at radius 3 is 1.73 bits per heavy atom. The second-order valence-corrected chi connectivity index (χ2v) is 16.2.